The summed E-state index contributed by atoms with van der Waals surface area (Å²) < 4.78 is 0. The molecule has 1 aliphatic heterocycles. The average molecular weight is 242 g/mol. The van der Waals surface area contributed by atoms with Gasteiger partial charge in [0.05, 0.1) is 0 Å². The van der Waals surface area contributed by atoms with E-state index in [-0.39, 0.29) is 11.9 Å². The summed E-state index contributed by atoms with van der Waals surface area (Å²) in [6.45, 7) is 4.10. The molecule has 94 valence electrons. The molecule has 1 heterocycles. The highest BCUT2D eigenvalue weighted by Crippen LogP contribution is 2.36. The predicted molar refractivity (Wildman–Crippen MR) is 71.9 cm³/mol. The average Bonchev–Trinajstić information content (AvgIpc) is 2.64. The molecule has 3 nitrogen and oxygen atoms in total. The molecule has 1 saturated carbocycles. The van der Waals surface area contributed by atoms with Crippen molar-refractivity contribution in [1.82, 2.24) is 4.90 Å². The van der Waals surface area contributed by atoms with Gasteiger partial charge in [0, 0.05) is 28.9 Å². The van der Waals surface area contributed by atoms with Crippen LogP contribution in [0.25, 0.3) is 5.70 Å². The van der Waals surface area contributed by atoms with Crippen LogP contribution in [0.5, 0.6) is 0 Å². The van der Waals surface area contributed by atoms with Gasteiger partial charge in [-0.25, -0.2) is 0 Å². The Labute approximate surface area is 107 Å². The van der Waals surface area contributed by atoms with E-state index in [1.807, 2.05) is 29.2 Å². The first-order chi connectivity index (χ1) is 8.68. The van der Waals surface area contributed by atoms with Crippen molar-refractivity contribution < 1.29 is 4.79 Å². The number of benzene rings is 1. The first kappa shape index (κ1) is 11.5. The highest BCUT2D eigenvalue weighted by Gasteiger charge is 2.36. The molecule has 3 rings (SSSR count). The zero-order chi connectivity index (χ0) is 12.7. The van der Waals surface area contributed by atoms with Gasteiger partial charge in [-0.05, 0) is 31.7 Å². The third-order valence-corrected chi connectivity index (χ3v) is 4.08. The topological polar surface area (TPSA) is 46.3 Å². The Morgan fingerprint density at radius 2 is 1.72 bits per heavy atom. The molecule has 0 spiro atoms. The van der Waals surface area contributed by atoms with Crippen molar-refractivity contribution in [2.45, 2.75) is 37.8 Å². The zero-order valence-corrected chi connectivity index (χ0v) is 10.4. The van der Waals surface area contributed by atoms with E-state index in [4.69, 9.17) is 5.73 Å². The Morgan fingerprint density at radius 1 is 1.11 bits per heavy atom. The van der Waals surface area contributed by atoms with E-state index in [0.29, 0.717) is 6.04 Å². The molecule has 1 aromatic carbocycles. The second kappa shape index (κ2) is 4.25. The number of carbonyl (C=O) groups is 1. The fourth-order valence-corrected chi connectivity index (χ4v) is 3.05. The number of amides is 1. The summed E-state index contributed by atoms with van der Waals surface area (Å²) in [5, 5.41) is 0. The summed E-state index contributed by atoms with van der Waals surface area (Å²) in [5.74, 6) is 0.107. The minimum atomic E-state index is 0.107. The van der Waals surface area contributed by atoms with Crippen molar-refractivity contribution in [1.29, 1.82) is 0 Å². The smallest absolute Gasteiger partial charge is 0.259 e. The maximum absolute atomic E-state index is 12.4. The molecule has 0 radical (unpaired) electrons. The number of hydrogen-bond acceptors (Lipinski definition) is 2. The minimum absolute atomic E-state index is 0.107. The first-order valence-electron chi connectivity index (χ1n) is 6.56. The normalized spacial score (nSPS) is 27.5. The number of nitrogens with zero attached hydrogens (tertiary/aromatic N) is 1. The van der Waals surface area contributed by atoms with Gasteiger partial charge in [0.25, 0.3) is 5.91 Å². The van der Waals surface area contributed by atoms with Gasteiger partial charge in [0.15, 0.2) is 0 Å². The Morgan fingerprint density at radius 3 is 2.33 bits per heavy atom. The molecule has 2 N–H and O–H groups in total. The van der Waals surface area contributed by atoms with Crippen molar-refractivity contribution >= 4 is 11.6 Å². The first-order valence-corrected chi connectivity index (χ1v) is 6.56. The van der Waals surface area contributed by atoms with Crippen molar-refractivity contribution in [3.63, 3.8) is 0 Å². The van der Waals surface area contributed by atoms with Gasteiger partial charge in [0.2, 0.25) is 0 Å². The third kappa shape index (κ3) is 1.66. The number of nitrogens with two attached hydrogens (primary N) is 1. The molecule has 1 fully saturated rings. The summed E-state index contributed by atoms with van der Waals surface area (Å²) >= 11 is 0. The van der Waals surface area contributed by atoms with E-state index in [2.05, 4.69) is 6.58 Å². The van der Waals surface area contributed by atoms with E-state index in [1.165, 1.54) is 0 Å². The zero-order valence-electron chi connectivity index (χ0n) is 10.4. The van der Waals surface area contributed by atoms with E-state index < -0.39 is 0 Å². The molecule has 1 aromatic rings. The van der Waals surface area contributed by atoms with Crippen molar-refractivity contribution in [3.05, 3.63) is 42.0 Å². The van der Waals surface area contributed by atoms with Gasteiger partial charge in [-0.15, -0.1) is 0 Å². The second-order valence-corrected chi connectivity index (χ2v) is 5.24. The Balaban J connectivity index is 1.88. The van der Waals surface area contributed by atoms with Crippen molar-refractivity contribution in [2.75, 3.05) is 0 Å². The van der Waals surface area contributed by atoms with Crippen LogP contribution in [0.3, 0.4) is 0 Å². The summed E-state index contributed by atoms with van der Waals surface area (Å²) in [6, 6.07) is 8.30. The predicted octanol–water partition coefficient (Wildman–Crippen LogP) is 2.38. The molecule has 0 unspecified atom stereocenters. The molecule has 2 aliphatic rings. The number of fused-ring (bicyclic) bond motifs is 1. The van der Waals surface area contributed by atoms with E-state index in [9.17, 15) is 4.79 Å². The van der Waals surface area contributed by atoms with E-state index >= 15 is 0 Å². The van der Waals surface area contributed by atoms with Gasteiger partial charge in [-0.3, -0.25) is 4.79 Å². The lowest BCUT2D eigenvalue weighted by Gasteiger charge is -2.33. The van der Waals surface area contributed by atoms with Gasteiger partial charge >= 0.3 is 0 Å². The van der Waals surface area contributed by atoms with Crippen LogP contribution in [0.2, 0.25) is 0 Å². The Kier molecular flexibility index (Phi) is 2.71. The summed E-state index contributed by atoms with van der Waals surface area (Å²) in [5.41, 5.74) is 8.55. The standard InChI is InChI=1S/C15H18N2O/c1-10-13-4-2-3-5-14(13)15(18)17(10)12-8-6-11(16)7-9-12/h2-5,11-12H,1,6-9,16H2. The van der Waals surface area contributed by atoms with Gasteiger partial charge < -0.3 is 10.6 Å². The Bertz CT molecular complexity index is 466. The highest BCUT2D eigenvalue weighted by atomic mass is 16.2. The molecule has 18 heavy (non-hydrogen) atoms. The summed E-state index contributed by atoms with van der Waals surface area (Å²) in [6.07, 6.45) is 3.97. The van der Waals surface area contributed by atoms with Crippen LogP contribution in [0, 0.1) is 0 Å². The fourth-order valence-electron chi connectivity index (χ4n) is 3.05. The monoisotopic (exact) mass is 242 g/mol. The van der Waals surface area contributed by atoms with Crippen molar-refractivity contribution in [3.8, 4) is 0 Å². The molecule has 1 aliphatic carbocycles. The van der Waals surface area contributed by atoms with Gasteiger partial charge in [-0.2, -0.15) is 0 Å². The van der Waals surface area contributed by atoms with E-state index in [0.717, 1.165) is 42.5 Å². The van der Waals surface area contributed by atoms with Gasteiger partial charge in [-0.1, -0.05) is 24.8 Å². The highest BCUT2D eigenvalue weighted by molar-refractivity contribution is 6.09. The number of hydrogen-bond donors (Lipinski definition) is 1. The maximum atomic E-state index is 12.4. The maximum Gasteiger partial charge on any atom is 0.259 e. The summed E-state index contributed by atoms with van der Waals surface area (Å²) in [4.78, 5) is 14.3. The molecule has 0 aromatic heterocycles. The largest absolute Gasteiger partial charge is 0.328 e. The number of carbonyl (C=O) groups excluding carboxylic acids is 1. The second-order valence-electron chi connectivity index (χ2n) is 5.24. The molecule has 0 bridgehead atoms. The van der Waals surface area contributed by atoms with Crippen LogP contribution in [0.4, 0.5) is 0 Å². The van der Waals surface area contributed by atoms with Crippen LogP contribution in [-0.2, 0) is 0 Å². The van der Waals surface area contributed by atoms with Crippen LogP contribution >= 0.6 is 0 Å². The van der Waals surface area contributed by atoms with Crippen LogP contribution in [-0.4, -0.2) is 22.9 Å². The van der Waals surface area contributed by atoms with Crippen LogP contribution in [0.1, 0.15) is 41.6 Å². The third-order valence-electron chi connectivity index (χ3n) is 4.08. The molecule has 0 saturated heterocycles. The van der Waals surface area contributed by atoms with Crippen LogP contribution in [0.15, 0.2) is 30.8 Å². The Hall–Kier alpha value is -1.61. The lowest BCUT2D eigenvalue weighted by molar-refractivity contribution is 0.0773. The SMILES string of the molecule is C=C1c2ccccc2C(=O)N1C1CCC(N)CC1. The molecule has 3 heteroatoms. The molecule has 0 atom stereocenters. The number of rotatable bonds is 1. The molecule has 1 amide bonds. The van der Waals surface area contributed by atoms with Crippen LogP contribution < -0.4 is 5.73 Å². The molecular weight excluding hydrogens is 224 g/mol. The molecular formula is C15H18N2O. The van der Waals surface area contributed by atoms with Gasteiger partial charge in [0.1, 0.15) is 0 Å². The summed E-state index contributed by atoms with van der Waals surface area (Å²) in [7, 11) is 0. The lowest BCUT2D eigenvalue weighted by atomic mass is 9.90. The van der Waals surface area contributed by atoms with Crippen molar-refractivity contribution in [2.24, 2.45) is 5.73 Å². The fraction of sp³-hybridized carbons (Fsp3) is 0.400. The van der Waals surface area contributed by atoms with E-state index in [1.54, 1.807) is 0 Å². The lowest BCUT2D eigenvalue weighted by Crippen LogP contribution is -2.40. The quantitative estimate of drug-likeness (QED) is 0.822. The minimum Gasteiger partial charge on any atom is -0.328 e.